The average molecular weight is 393 g/mol. The minimum atomic E-state index is -0.953. The van der Waals surface area contributed by atoms with Gasteiger partial charge in [0.15, 0.2) is 0 Å². The van der Waals surface area contributed by atoms with Crippen molar-refractivity contribution < 1.29 is 19.4 Å². The number of methoxy groups -OCH3 is 1. The van der Waals surface area contributed by atoms with E-state index in [-0.39, 0.29) is 11.4 Å². The van der Waals surface area contributed by atoms with Crippen molar-refractivity contribution in [3.8, 4) is 0 Å². The first-order valence-corrected chi connectivity index (χ1v) is 9.61. The van der Waals surface area contributed by atoms with Gasteiger partial charge < -0.3 is 15.2 Å². The monoisotopic (exact) mass is 392 g/mol. The summed E-state index contributed by atoms with van der Waals surface area (Å²) in [4.78, 5) is 32.5. The van der Waals surface area contributed by atoms with Crippen LogP contribution in [-0.4, -0.2) is 83.7 Å². The molecule has 1 aliphatic rings. The van der Waals surface area contributed by atoms with Crippen LogP contribution >= 0.6 is 0 Å². The molecule has 2 heterocycles. The van der Waals surface area contributed by atoms with Crippen LogP contribution in [0.15, 0.2) is 24.5 Å². The number of amides is 1. The van der Waals surface area contributed by atoms with E-state index in [0.717, 1.165) is 26.2 Å². The number of hydrogen-bond donors (Lipinski definition) is 2. The zero-order valence-electron chi connectivity index (χ0n) is 17.2. The molecule has 0 aliphatic carbocycles. The zero-order chi connectivity index (χ0) is 20.7. The second-order valence-electron chi connectivity index (χ2n) is 8.23. The number of aliphatic hydroxyl groups excluding tert-OH is 1. The molecular formula is C20H32N4O4. The molecule has 8 heteroatoms. The Bertz CT molecular complexity index is 639. The van der Waals surface area contributed by atoms with E-state index in [1.165, 1.54) is 7.11 Å². The molecule has 8 nitrogen and oxygen atoms in total. The molecule has 2 N–H and O–H groups in total. The topological polar surface area (TPSA) is 95.0 Å². The Hall–Kier alpha value is -2.03. The van der Waals surface area contributed by atoms with Gasteiger partial charge in [-0.1, -0.05) is 0 Å². The predicted octanol–water partition coefficient (Wildman–Crippen LogP) is 0.437. The fourth-order valence-electron chi connectivity index (χ4n) is 3.32. The van der Waals surface area contributed by atoms with Crippen LogP contribution in [0.5, 0.6) is 0 Å². The van der Waals surface area contributed by atoms with Gasteiger partial charge in [-0.15, -0.1) is 0 Å². The summed E-state index contributed by atoms with van der Waals surface area (Å²) < 4.78 is 4.91. The van der Waals surface area contributed by atoms with E-state index in [4.69, 9.17) is 4.74 Å². The van der Waals surface area contributed by atoms with Crippen molar-refractivity contribution in [2.75, 3.05) is 46.4 Å². The van der Waals surface area contributed by atoms with Gasteiger partial charge in [0.05, 0.1) is 25.7 Å². The number of nitrogens with zero attached hydrogens (tertiary/aromatic N) is 3. The van der Waals surface area contributed by atoms with Gasteiger partial charge >= 0.3 is 5.97 Å². The fourth-order valence-corrected chi connectivity index (χ4v) is 3.32. The van der Waals surface area contributed by atoms with Crippen molar-refractivity contribution in [3.63, 3.8) is 0 Å². The average Bonchev–Trinajstić information content (AvgIpc) is 2.65. The van der Waals surface area contributed by atoms with Crippen molar-refractivity contribution in [3.05, 3.63) is 30.1 Å². The Morgan fingerprint density at radius 2 is 1.75 bits per heavy atom. The molecule has 1 amide bonds. The van der Waals surface area contributed by atoms with Crippen molar-refractivity contribution in [2.24, 2.45) is 5.92 Å². The first-order chi connectivity index (χ1) is 13.2. The first kappa shape index (κ1) is 22.3. The van der Waals surface area contributed by atoms with Gasteiger partial charge in [-0.05, 0) is 38.5 Å². The highest BCUT2D eigenvalue weighted by Gasteiger charge is 2.32. The van der Waals surface area contributed by atoms with Gasteiger partial charge in [-0.3, -0.25) is 24.4 Å². The van der Waals surface area contributed by atoms with Crippen molar-refractivity contribution >= 4 is 11.9 Å². The number of aromatic nitrogens is 1. The molecule has 2 rings (SSSR count). The van der Waals surface area contributed by atoms with Crippen molar-refractivity contribution in [2.45, 2.75) is 32.4 Å². The molecule has 1 saturated heterocycles. The number of rotatable bonds is 7. The summed E-state index contributed by atoms with van der Waals surface area (Å²) >= 11 is 0. The van der Waals surface area contributed by atoms with Crippen molar-refractivity contribution in [1.29, 1.82) is 0 Å². The van der Waals surface area contributed by atoms with E-state index >= 15 is 0 Å². The van der Waals surface area contributed by atoms with Crippen LogP contribution in [0.1, 0.15) is 32.4 Å². The molecule has 0 bridgehead atoms. The summed E-state index contributed by atoms with van der Waals surface area (Å²) in [5.41, 5.74) is 0.401. The zero-order valence-corrected chi connectivity index (χ0v) is 17.2. The van der Waals surface area contributed by atoms with E-state index in [0.29, 0.717) is 18.7 Å². The molecule has 0 radical (unpaired) electrons. The second kappa shape index (κ2) is 9.95. The van der Waals surface area contributed by atoms with Crippen LogP contribution in [0, 0.1) is 5.92 Å². The predicted molar refractivity (Wildman–Crippen MR) is 105 cm³/mol. The molecule has 28 heavy (non-hydrogen) atoms. The lowest BCUT2D eigenvalue weighted by Crippen LogP contribution is -2.53. The molecule has 1 aromatic rings. The Balaban J connectivity index is 1.89. The second-order valence-corrected chi connectivity index (χ2v) is 8.23. The molecule has 2 atom stereocenters. The summed E-state index contributed by atoms with van der Waals surface area (Å²) in [5.74, 6) is -1.10. The number of piperazine rings is 1. The first-order valence-electron chi connectivity index (χ1n) is 9.61. The van der Waals surface area contributed by atoms with E-state index in [1.807, 2.05) is 20.8 Å². The largest absolute Gasteiger partial charge is 0.469 e. The van der Waals surface area contributed by atoms with E-state index in [1.54, 1.807) is 24.5 Å². The molecule has 1 aliphatic heterocycles. The lowest BCUT2D eigenvalue weighted by atomic mass is 9.95. The maximum absolute atomic E-state index is 12.3. The summed E-state index contributed by atoms with van der Waals surface area (Å²) in [6.07, 6.45) is 2.23. The number of carbonyl (C=O) groups is 2. The highest BCUT2D eigenvalue weighted by Crippen LogP contribution is 2.24. The normalized spacial score (nSPS) is 18.3. The molecule has 1 fully saturated rings. The van der Waals surface area contributed by atoms with Gasteiger partial charge in [0.1, 0.15) is 0 Å². The Morgan fingerprint density at radius 1 is 1.18 bits per heavy atom. The molecule has 1 aromatic heterocycles. The fraction of sp³-hybridized carbons (Fsp3) is 0.650. The Morgan fingerprint density at radius 3 is 2.29 bits per heavy atom. The maximum atomic E-state index is 12.3. The molecule has 0 aromatic carbocycles. The number of esters is 1. The Labute approximate surface area is 166 Å². The lowest BCUT2D eigenvalue weighted by Gasteiger charge is -2.36. The number of carbonyl (C=O) groups excluding carboxylic acids is 2. The number of ether oxygens (including phenoxy) is 1. The Kier molecular flexibility index (Phi) is 7.91. The summed E-state index contributed by atoms with van der Waals surface area (Å²) in [6.45, 7) is 9.56. The third kappa shape index (κ3) is 6.85. The van der Waals surface area contributed by atoms with Crippen LogP contribution in [0.25, 0.3) is 0 Å². The van der Waals surface area contributed by atoms with Gasteiger partial charge in [-0.25, -0.2) is 0 Å². The number of hydrogen-bond acceptors (Lipinski definition) is 7. The summed E-state index contributed by atoms with van der Waals surface area (Å²) in [7, 11) is 1.33. The minimum absolute atomic E-state index is 0.0153. The smallest absolute Gasteiger partial charge is 0.312 e. The maximum Gasteiger partial charge on any atom is 0.312 e. The quantitative estimate of drug-likeness (QED) is 0.650. The molecule has 156 valence electrons. The number of aliphatic hydroxyl groups is 1. The highest BCUT2D eigenvalue weighted by molar-refractivity contribution is 5.78. The van der Waals surface area contributed by atoms with E-state index < -0.39 is 18.0 Å². The lowest BCUT2D eigenvalue weighted by molar-refractivity contribution is -0.151. The molecular weight excluding hydrogens is 360 g/mol. The van der Waals surface area contributed by atoms with Gasteiger partial charge in [0, 0.05) is 50.7 Å². The number of nitrogens with one attached hydrogen (secondary N) is 1. The van der Waals surface area contributed by atoms with Gasteiger partial charge in [-0.2, -0.15) is 0 Å². The highest BCUT2D eigenvalue weighted by atomic mass is 16.5. The SMILES string of the molecule is COC(=O)[C@@H](CN1CCN(CC(=O)NC(C)(C)C)CC1)[C@H](O)c1ccncc1. The van der Waals surface area contributed by atoms with Gasteiger partial charge in [0.2, 0.25) is 5.91 Å². The van der Waals surface area contributed by atoms with Gasteiger partial charge in [0.25, 0.3) is 0 Å². The summed E-state index contributed by atoms with van der Waals surface area (Å²) in [6, 6.07) is 3.40. The van der Waals surface area contributed by atoms with Crippen LogP contribution in [0.4, 0.5) is 0 Å². The van der Waals surface area contributed by atoms with E-state index in [9.17, 15) is 14.7 Å². The molecule has 0 spiro atoms. The third-order valence-electron chi connectivity index (χ3n) is 4.73. The third-order valence-corrected chi connectivity index (χ3v) is 4.73. The summed E-state index contributed by atoms with van der Waals surface area (Å²) in [5, 5.41) is 13.6. The van der Waals surface area contributed by atoms with Crippen molar-refractivity contribution in [1.82, 2.24) is 20.1 Å². The molecule has 0 unspecified atom stereocenters. The molecule has 0 saturated carbocycles. The van der Waals surface area contributed by atoms with E-state index in [2.05, 4.69) is 20.1 Å². The number of pyridine rings is 1. The minimum Gasteiger partial charge on any atom is -0.469 e. The van der Waals surface area contributed by atoms with Crippen LogP contribution in [0.2, 0.25) is 0 Å². The standard InChI is InChI=1S/C20H32N4O4/c1-20(2,3)22-17(25)14-24-11-9-23(10-12-24)13-16(19(27)28-4)18(26)15-5-7-21-8-6-15/h5-8,16,18,26H,9-14H2,1-4H3,(H,22,25)/t16-,18+/m0/s1. The van der Waals surface area contributed by atoms with Crippen LogP contribution < -0.4 is 5.32 Å². The van der Waals surface area contributed by atoms with Crippen LogP contribution in [0.3, 0.4) is 0 Å². The van der Waals surface area contributed by atoms with Crippen LogP contribution in [-0.2, 0) is 14.3 Å².